The molecule has 3 nitrogen and oxygen atoms in total. The summed E-state index contributed by atoms with van der Waals surface area (Å²) in [7, 11) is 0. The Morgan fingerprint density at radius 1 is 1.07 bits per heavy atom. The van der Waals surface area contributed by atoms with Crippen LogP contribution in [0.5, 0.6) is 0 Å². The van der Waals surface area contributed by atoms with Gasteiger partial charge in [0.15, 0.2) is 0 Å². The smallest absolute Gasteiger partial charge is 0.330 e. The highest BCUT2D eigenvalue weighted by atomic mass is 35.5. The maximum atomic E-state index is 11.5. The highest BCUT2D eigenvalue weighted by molar-refractivity contribution is 5.85. The number of rotatable bonds is 1. The van der Waals surface area contributed by atoms with Crippen molar-refractivity contribution in [2.75, 3.05) is 13.1 Å². The Kier molecular flexibility index (Phi) is 8.48. The Bertz CT molecular complexity index is 186. The lowest BCUT2D eigenvalue weighted by molar-refractivity contribution is -0.203. The fourth-order valence-corrected chi connectivity index (χ4v) is 1.21. The Hall–Kier alpha value is 0.01000. The van der Waals surface area contributed by atoms with Crippen molar-refractivity contribution in [2.24, 2.45) is 5.41 Å². The van der Waals surface area contributed by atoms with Crippen LogP contribution in [0.3, 0.4) is 0 Å². The number of hydrogen-bond donors (Lipinski definition) is 0. The Labute approximate surface area is 104 Å². The summed E-state index contributed by atoms with van der Waals surface area (Å²) >= 11 is 0. The molecule has 0 atom stereocenters. The second kappa shape index (κ2) is 7.31. The van der Waals surface area contributed by atoms with Gasteiger partial charge in [0, 0.05) is 13.1 Å². The van der Waals surface area contributed by atoms with Crippen molar-refractivity contribution < 1.29 is 9.63 Å². The molecule has 1 aliphatic rings. The lowest BCUT2D eigenvalue weighted by Gasteiger charge is -2.27. The highest BCUT2D eigenvalue weighted by Crippen LogP contribution is 2.18. The summed E-state index contributed by atoms with van der Waals surface area (Å²) in [4.78, 5) is 16.7. The van der Waals surface area contributed by atoms with Crippen molar-refractivity contribution in [2.45, 2.75) is 40.0 Å². The van der Waals surface area contributed by atoms with E-state index in [1.807, 2.05) is 20.8 Å². The van der Waals surface area contributed by atoms with Gasteiger partial charge in [-0.2, -0.15) is 0 Å². The predicted molar refractivity (Wildman–Crippen MR) is 65.5 cm³/mol. The van der Waals surface area contributed by atoms with Gasteiger partial charge in [0.2, 0.25) is 0 Å². The minimum Gasteiger partial charge on any atom is -0.367 e. The molecule has 1 rings (SSSR count). The topological polar surface area (TPSA) is 29.5 Å². The molecule has 0 aromatic heterocycles. The van der Waals surface area contributed by atoms with E-state index in [2.05, 4.69) is 0 Å². The van der Waals surface area contributed by atoms with Crippen molar-refractivity contribution in [1.82, 2.24) is 5.06 Å². The van der Waals surface area contributed by atoms with E-state index in [0.29, 0.717) is 0 Å². The van der Waals surface area contributed by atoms with Crippen molar-refractivity contribution in [1.29, 1.82) is 0 Å². The lowest BCUT2D eigenvalue weighted by atomic mass is 9.98. The third-order valence-electron chi connectivity index (χ3n) is 2.14. The molecule has 0 unspecified atom stereocenters. The molecule has 15 heavy (non-hydrogen) atoms. The lowest BCUT2D eigenvalue weighted by Crippen LogP contribution is -2.36. The highest BCUT2D eigenvalue weighted by Gasteiger charge is 2.26. The van der Waals surface area contributed by atoms with Gasteiger partial charge in [0.05, 0.1) is 5.41 Å². The van der Waals surface area contributed by atoms with Gasteiger partial charge < -0.3 is 4.84 Å². The van der Waals surface area contributed by atoms with Gasteiger partial charge in [-0.25, -0.2) is 4.79 Å². The van der Waals surface area contributed by atoms with Gasteiger partial charge in [-0.05, 0) is 33.6 Å². The average Bonchev–Trinajstić information content (AvgIpc) is 2.04. The molecule has 1 heterocycles. The predicted octanol–water partition coefficient (Wildman–Crippen LogP) is 2.82. The summed E-state index contributed by atoms with van der Waals surface area (Å²) in [5.41, 5.74) is -0.391. The monoisotopic (exact) mass is 257 g/mol. The summed E-state index contributed by atoms with van der Waals surface area (Å²) in [6.45, 7) is 7.40. The molecule has 0 aliphatic carbocycles. The summed E-state index contributed by atoms with van der Waals surface area (Å²) in [6, 6.07) is 0. The molecule has 92 valence electrons. The van der Waals surface area contributed by atoms with Gasteiger partial charge in [-0.15, -0.1) is 29.9 Å². The van der Waals surface area contributed by atoms with Gasteiger partial charge >= 0.3 is 5.97 Å². The fraction of sp³-hybridized carbons (Fsp3) is 0.900. The van der Waals surface area contributed by atoms with Crippen LogP contribution in [0.2, 0.25) is 0 Å². The summed E-state index contributed by atoms with van der Waals surface area (Å²) in [5, 5.41) is 1.79. The number of carbonyl (C=O) groups is 1. The molecule has 1 aliphatic heterocycles. The largest absolute Gasteiger partial charge is 0.367 e. The van der Waals surface area contributed by atoms with Crippen molar-refractivity contribution in [3.63, 3.8) is 0 Å². The molecule has 0 aromatic carbocycles. The zero-order chi connectivity index (χ0) is 9.90. The van der Waals surface area contributed by atoms with Gasteiger partial charge in [-0.3, -0.25) is 0 Å². The Balaban J connectivity index is 0. The van der Waals surface area contributed by atoms with E-state index in [1.165, 1.54) is 6.42 Å². The van der Waals surface area contributed by atoms with Crippen LogP contribution < -0.4 is 0 Å². The SMILES string of the molecule is CC(C)(C)C(=O)ON1CCCCC1.Cl.Cl. The number of hydroxylamine groups is 2. The van der Waals surface area contributed by atoms with Crippen LogP contribution in [0, 0.1) is 5.41 Å². The molecule has 0 amide bonds. The molecular weight excluding hydrogens is 237 g/mol. The van der Waals surface area contributed by atoms with Crippen molar-refractivity contribution in [3.8, 4) is 0 Å². The van der Waals surface area contributed by atoms with E-state index in [9.17, 15) is 4.79 Å². The van der Waals surface area contributed by atoms with E-state index in [1.54, 1.807) is 5.06 Å². The number of carbonyl (C=O) groups excluding carboxylic acids is 1. The standard InChI is InChI=1S/C10H19NO2.2ClH/c1-10(2,3)9(12)13-11-7-5-4-6-8-11;;/h4-8H2,1-3H3;2*1H. The minimum atomic E-state index is -0.391. The molecule has 0 spiro atoms. The first-order valence-corrected chi connectivity index (χ1v) is 4.97. The van der Waals surface area contributed by atoms with Crippen molar-refractivity contribution in [3.05, 3.63) is 0 Å². The van der Waals surface area contributed by atoms with Gasteiger partial charge in [0.1, 0.15) is 0 Å². The normalized spacial score (nSPS) is 17.3. The molecule has 0 N–H and O–H groups in total. The minimum absolute atomic E-state index is 0. The van der Waals surface area contributed by atoms with E-state index in [4.69, 9.17) is 4.84 Å². The number of halogens is 2. The third-order valence-corrected chi connectivity index (χ3v) is 2.14. The summed E-state index contributed by atoms with van der Waals surface area (Å²) in [6.07, 6.45) is 3.53. The maximum absolute atomic E-state index is 11.5. The molecule has 1 saturated heterocycles. The zero-order valence-electron chi connectivity index (χ0n) is 9.62. The van der Waals surface area contributed by atoms with E-state index in [0.717, 1.165) is 25.9 Å². The van der Waals surface area contributed by atoms with Gasteiger partial charge in [-0.1, -0.05) is 6.42 Å². The average molecular weight is 258 g/mol. The van der Waals surface area contributed by atoms with E-state index in [-0.39, 0.29) is 30.8 Å². The first-order valence-electron chi connectivity index (χ1n) is 4.97. The molecular formula is C10H21Cl2NO2. The van der Waals surface area contributed by atoms with Crippen LogP contribution in [-0.2, 0) is 9.63 Å². The van der Waals surface area contributed by atoms with Crippen LogP contribution in [0.4, 0.5) is 0 Å². The van der Waals surface area contributed by atoms with Crippen LogP contribution in [0.15, 0.2) is 0 Å². The number of hydrogen-bond acceptors (Lipinski definition) is 3. The first-order chi connectivity index (χ1) is 6.00. The summed E-state index contributed by atoms with van der Waals surface area (Å²) < 4.78 is 0. The molecule has 0 aromatic rings. The van der Waals surface area contributed by atoms with Crippen LogP contribution in [0.1, 0.15) is 40.0 Å². The molecule has 0 saturated carbocycles. The first kappa shape index (κ1) is 17.4. The molecule has 0 radical (unpaired) electrons. The molecule has 5 heteroatoms. The second-order valence-corrected chi connectivity index (χ2v) is 4.62. The third kappa shape index (κ3) is 6.23. The van der Waals surface area contributed by atoms with E-state index < -0.39 is 5.41 Å². The quantitative estimate of drug-likeness (QED) is 0.724. The molecule has 0 bridgehead atoms. The van der Waals surface area contributed by atoms with Gasteiger partial charge in [0.25, 0.3) is 0 Å². The number of piperidine rings is 1. The zero-order valence-corrected chi connectivity index (χ0v) is 11.2. The summed E-state index contributed by atoms with van der Waals surface area (Å²) in [5.74, 6) is -0.130. The Morgan fingerprint density at radius 2 is 1.53 bits per heavy atom. The maximum Gasteiger partial charge on any atom is 0.330 e. The van der Waals surface area contributed by atoms with Crippen LogP contribution in [-0.4, -0.2) is 24.1 Å². The fourth-order valence-electron chi connectivity index (χ4n) is 1.21. The molecule has 1 fully saturated rings. The van der Waals surface area contributed by atoms with Crippen molar-refractivity contribution >= 4 is 30.8 Å². The van der Waals surface area contributed by atoms with Crippen LogP contribution in [0.25, 0.3) is 0 Å². The number of nitrogens with zero attached hydrogens (tertiary/aromatic N) is 1. The van der Waals surface area contributed by atoms with Crippen LogP contribution >= 0.6 is 24.8 Å². The Morgan fingerprint density at radius 3 is 1.93 bits per heavy atom. The van der Waals surface area contributed by atoms with E-state index >= 15 is 0 Å². The second-order valence-electron chi connectivity index (χ2n) is 4.62.